The zero-order chi connectivity index (χ0) is 49.7. The molecule has 352 valence electrons. The molecule has 0 atom stereocenters. The average molecular weight is 961 g/mol. The molecule has 13 aromatic rings. The molecular weight excluding hydrogens is 917 g/mol. The summed E-state index contributed by atoms with van der Waals surface area (Å²) >= 11 is 0. The Morgan fingerprint density at radius 3 is 1.23 bits per heavy atom. The minimum Gasteiger partial charge on any atom is -0.309 e. The summed E-state index contributed by atoms with van der Waals surface area (Å²) in [5, 5.41) is 4.73. The summed E-state index contributed by atoms with van der Waals surface area (Å²) in [5.41, 5.74) is 14.5. The minimum atomic E-state index is 0.617. The summed E-state index contributed by atoms with van der Waals surface area (Å²) in [6, 6.07) is 78.5. The Balaban J connectivity index is 0.832. The number of hydrogen-bond acceptors (Lipinski definition) is 6. The van der Waals surface area contributed by atoms with Crippen molar-refractivity contribution in [3.63, 3.8) is 0 Å². The molecule has 0 saturated carbocycles. The van der Waals surface area contributed by atoms with Gasteiger partial charge >= 0.3 is 0 Å². The van der Waals surface area contributed by atoms with Gasteiger partial charge in [-0.15, -0.1) is 0 Å². The van der Waals surface area contributed by atoms with Crippen molar-refractivity contribution < 1.29 is 0 Å². The van der Waals surface area contributed by atoms with Crippen LogP contribution in [0.2, 0.25) is 0 Å². The predicted molar refractivity (Wildman–Crippen MR) is 305 cm³/mol. The number of nitrogens with zero attached hydrogens (tertiary/aromatic N) is 8. The first-order valence-corrected chi connectivity index (χ1v) is 25.2. The van der Waals surface area contributed by atoms with Crippen LogP contribution in [-0.2, 0) is 0 Å². The van der Waals surface area contributed by atoms with Crippen LogP contribution in [-0.4, -0.2) is 39.0 Å². The van der Waals surface area contributed by atoms with Gasteiger partial charge in [-0.05, 0) is 90.3 Å². The van der Waals surface area contributed by atoms with Crippen LogP contribution in [0.25, 0.3) is 129 Å². The molecule has 1 aliphatic carbocycles. The number of aromatic nitrogens is 8. The fraction of sp³-hybridized carbons (Fsp3) is 0.0149. The number of benzene rings is 9. The molecule has 0 N–H and O–H groups in total. The van der Waals surface area contributed by atoms with E-state index in [4.69, 9.17) is 29.9 Å². The molecule has 75 heavy (non-hydrogen) atoms. The molecule has 0 amide bonds. The van der Waals surface area contributed by atoms with E-state index in [2.05, 4.69) is 173 Å². The Morgan fingerprint density at radius 1 is 0.280 bits per heavy atom. The molecule has 0 aliphatic heterocycles. The lowest BCUT2D eigenvalue weighted by Crippen LogP contribution is -2.02. The molecule has 0 fully saturated rings. The maximum Gasteiger partial charge on any atom is 0.164 e. The van der Waals surface area contributed by atoms with E-state index in [0.717, 1.165) is 84.4 Å². The second-order valence-corrected chi connectivity index (χ2v) is 18.7. The molecule has 8 heteroatoms. The van der Waals surface area contributed by atoms with Crippen molar-refractivity contribution in [2.45, 2.75) is 6.42 Å². The van der Waals surface area contributed by atoms with E-state index in [-0.39, 0.29) is 0 Å². The fourth-order valence-corrected chi connectivity index (χ4v) is 10.4. The standard InChI is InChI=1S/C67H44N8/c1-2-7-20-44(19-6-1)62-68-63(45-21-8-3-9-22-45)71-66(70-62)48-33-37-52(38-34-48)74-58-31-16-14-29-54(58)56-42-49(35-39-60(56)74)50-36-40-61-57(43-50)55-30-15-17-32-59(55)75(61)53-28-18-27-51(41-53)67-72-64(46-23-10-4-11-24-46)69-65(73-67)47-25-12-5-13-26-47/h1,3-43H,2H2. The highest BCUT2D eigenvalue weighted by Gasteiger charge is 2.19. The monoisotopic (exact) mass is 960 g/mol. The van der Waals surface area contributed by atoms with E-state index in [1.165, 1.54) is 21.5 Å². The molecule has 8 nitrogen and oxygen atoms in total. The van der Waals surface area contributed by atoms with Crippen LogP contribution in [0.4, 0.5) is 0 Å². The van der Waals surface area contributed by atoms with Crippen LogP contribution < -0.4 is 0 Å². The highest BCUT2D eigenvalue weighted by Crippen LogP contribution is 2.39. The van der Waals surface area contributed by atoms with Gasteiger partial charge in [-0.2, -0.15) is 0 Å². The van der Waals surface area contributed by atoms with Crippen LogP contribution in [0.1, 0.15) is 12.2 Å². The van der Waals surface area contributed by atoms with Crippen molar-refractivity contribution >= 4 is 49.2 Å². The highest BCUT2D eigenvalue weighted by atomic mass is 15.0. The van der Waals surface area contributed by atoms with Gasteiger partial charge in [0.1, 0.15) is 0 Å². The summed E-state index contributed by atoms with van der Waals surface area (Å²) in [4.78, 5) is 30.0. The molecule has 9 aromatic carbocycles. The topological polar surface area (TPSA) is 87.2 Å². The molecule has 4 aromatic heterocycles. The van der Waals surface area contributed by atoms with Crippen LogP contribution in [0, 0.1) is 0 Å². The van der Waals surface area contributed by atoms with E-state index in [0.29, 0.717) is 34.9 Å². The molecule has 0 spiro atoms. The Labute approximate surface area is 432 Å². The van der Waals surface area contributed by atoms with Crippen LogP contribution in [0.3, 0.4) is 0 Å². The Kier molecular flexibility index (Phi) is 10.7. The van der Waals surface area contributed by atoms with Gasteiger partial charge < -0.3 is 9.13 Å². The van der Waals surface area contributed by atoms with Crippen LogP contribution in [0.15, 0.2) is 255 Å². The number of hydrogen-bond donors (Lipinski definition) is 0. The third-order valence-electron chi connectivity index (χ3n) is 14.0. The summed E-state index contributed by atoms with van der Waals surface area (Å²) < 4.78 is 4.70. The van der Waals surface area contributed by atoms with Crippen LogP contribution >= 0.6 is 0 Å². The van der Waals surface area contributed by atoms with Gasteiger partial charge in [0.2, 0.25) is 0 Å². The Hall–Kier alpha value is -10.2. The summed E-state index contributed by atoms with van der Waals surface area (Å²) in [6.07, 6.45) is 11.3. The summed E-state index contributed by atoms with van der Waals surface area (Å²) in [5.74, 6) is 3.80. The molecule has 4 heterocycles. The molecule has 0 unspecified atom stereocenters. The normalized spacial score (nSPS) is 12.5. The first-order chi connectivity index (χ1) is 37.2. The molecule has 1 aliphatic rings. The fourth-order valence-electron chi connectivity index (χ4n) is 10.4. The lowest BCUT2D eigenvalue weighted by atomic mass is 10.0. The van der Waals surface area contributed by atoms with Gasteiger partial charge in [0.05, 0.1) is 22.1 Å². The highest BCUT2D eigenvalue weighted by molar-refractivity contribution is 6.12. The summed E-state index contributed by atoms with van der Waals surface area (Å²) in [6.45, 7) is 0. The first kappa shape index (κ1) is 43.6. The Morgan fingerprint density at radius 2 is 0.693 bits per heavy atom. The van der Waals surface area contributed by atoms with Crippen molar-refractivity contribution in [2.75, 3.05) is 0 Å². The molecule has 0 saturated heterocycles. The molecule has 0 bridgehead atoms. The second-order valence-electron chi connectivity index (χ2n) is 18.7. The summed E-state index contributed by atoms with van der Waals surface area (Å²) in [7, 11) is 0. The van der Waals surface area contributed by atoms with Gasteiger partial charge in [0, 0.05) is 66.3 Å². The van der Waals surface area contributed by atoms with Crippen LogP contribution in [0.5, 0.6) is 0 Å². The van der Waals surface area contributed by atoms with Gasteiger partial charge in [-0.1, -0.05) is 182 Å². The quantitative estimate of drug-likeness (QED) is 0.143. The maximum absolute atomic E-state index is 5.05. The van der Waals surface area contributed by atoms with E-state index < -0.39 is 0 Å². The van der Waals surface area contributed by atoms with Gasteiger partial charge in [0.15, 0.2) is 34.9 Å². The van der Waals surface area contributed by atoms with Crippen molar-refractivity contribution in [1.82, 2.24) is 39.0 Å². The number of para-hydroxylation sites is 2. The van der Waals surface area contributed by atoms with Gasteiger partial charge in [0.25, 0.3) is 0 Å². The van der Waals surface area contributed by atoms with E-state index >= 15 is 0 Å². The SMILES string of the molecule is C1=CCC=CC(c2nc(-c3ccccc3)nc(-c3ccc(-n4c5ccccc5c5cc(-c6ccc7c(c6)c6ccccc6n7-c6cccc(-c7nc(-c8ccccc8)nc(-c8ccccc8)n7)c6)ccc54)cc3)n2)=C1. The molecule has 0 radical (unpaired) electrons. The first-order valence-electron chi connectivity index (χ1n) is 25.2. The lowest BCUT2D eigenvalue weighted by Gasteiger charge is -2.12. The average Bonchev–Trinajstić information content (AvgIpc) is 3.85. The Bertz CT molecular complexity index is 4360. The zero-order valence-electron chi connectivity index (χ0n) is 40.5. The van der Waals surface area contributed by atoms with Gasteiger partial charge in [-0.3, -0.25) is 0 Å². The number of rotatable bonds is 9. The zero-order valence-corrected chi connectivity index (χ0v) is 40.5. The van der Waals surface area contributed by atoms with Crippen molar-refractivity contribution in [2.24, 2.45) is 0 Å². The maximum atomic E-state index is 5.05. The number of fused-ring (bicyclic) bond motifs is 6. The predicted octanol–water partition coefficient (Wildman–Crippen LogP) is 16.2. The molecule has 14 rings (SSSR count). The van der Waals surface area contributed by atoms with Crippen molar-refractivity contribution in [3.8, 4) is 79.4 Å². The lowest BCUT2D eigenvalue weighted by molar-refractivity contribution is 1.04. The second kappa shape index (κ2) is 18.5. The van der Waals surface area contributed by atoms with E-state index in [1.54, 1.807) is 0 Å². The number of allylic oxidation sites excluding steroid dienone is 6. The minimum absolute atomic E-state index is 0.617. The molecular formula is C67H44N8. The van der Waals surface area contributed by atoms with E-state index in [9.17, 15) is 0 Å². The third-order valence-corrected chi connectivity index (χ3v) is 14.0. The van der Waals surface area contributed by atoms with Crippen molar-refractivity contribution in [3.05, 3.63) is 261 Å². The van der Waals surface area contributed by atoms with E-state index in [1.807, 2.05) is 91.0 Å². The smallest absolute Gasteiger partial charge is 0.164 e. The third kappa shape index (κ3) is 7.98. The largest absolute Gasteiger partial charge is 0.309 e. The van der Waals surface area contributed by atoms with Gasteiger partial charge in [-0.25, -0.2) is 29.9 Å². The van der Waals surface area contributed by atoms with Crippen molar-refractivity contribution in [1.29, 1.82) is 0 Å².